The summed E-state index contributed by atoms with van der Waals surface area (Å²) < 4.78 is 0. The van der Waals surface area contributed by atoms with Crippen LogP contribution < -0.4 is 0 Å². The molecule has 1 fully saturated rings. The Morgan fingerprint density at radius 3 is 2.44 bits per heavy atom. The van der Waals surface area contributed by atoms with Gasteiger partial charge in [-0.3, -0.25) is 14.5 Å². The first kappa shape index (κ1) is 19.0. The average Bonchev–Trinajstić information content (AvgIpc) is 3.15. The predicted molar refractivity (Wildman–Crippen MR) is 98.6 cm³/mol. The second-order valence-corrected chi connectivity index (χ2v) is 6.23. The third kappa shape index (κ3) is 5.61. The van der Waals surface area contributed by atoms with E-state index in [1.165, 1.54) is 22.9 Å². The molecule has 0 bridgehead atoms. The molecule has 0 saturated carbocycles. The van der Waals surface area contributed by atoms with Crippen LogP contribution in [-0.4, -0.2) is 60.0 Å². The molecule has 0 aromatic heterocycles. The number of amides is 2. The Morgan fingerprint density at radius 2 is 1.80 bits per heavy atom. The van der Waals surface area contributed by atoms with Gasteiger partial charge in [-0.2, -0.15) is 0 Å². The Bertz CT molecular complexity index is 627. The molecule has 0 aliphatic carbocycles. The van der Waals surface area contributed by atoms with Crippen molar-refractivity contribution in [2.75, 3.05) is 33.2 Å². The molecule has 25 heavy (non-hydrogen) atoms. The average molecular weight is 341 g/mol. The van der Waals surface area contributed by atoms with E-state index in [9.17, 15) is 9.59 Å². The summed E-state index contributed by atoms with van der Waals surface area (Å²) in [7, 11) is 1.63. The van der Waals surface area contributed by atoms with Crippen molar-refractivity contribution in [2.45, 2.75) is 32.6 Å². The van der Waals surface area contributed by atoms with E-state index in [1.54, 1.807) is 19.2 Å². The monoisotopic (exact) mass is 341 g/mol. The van der Waals surface area contributed by atoms with Crippen molar-refractivity contribution < 1.29 is 9.59 Å². The number of carbonyl (C=O) groups excluding carboxylic acids is 2. The van der Waals surface area contributed by atoms with E-state index in [0.29, 0.717) is 12.0 Å². The van der Waals surface area contributed by atoms with E-state index in [1.807, 2.05) is 25.1 Å². The molecule has 0 N–H and O–H groups in total. The van der Waals surface area contributed by atoms with Gasteiger partial charge in [0, 0.05) is 19.0 Å². The van der Waals surface area contributed by atoms with Gasteiger partial charge in [0.1, 0.15) is 6.54 Å². The topological polar surface area (TPSA) is 43.9 Å². The molecule has 1 aliphatic rings. The van der Waals surface area contributed by atoms with Crippen LogP contribution >= 0.6 is 0 Å². The van der Waals surface area contributed by atoms with Gasteiger partial charge in [0.25, 0.3) is 5.91 Å². The molecule has 1 aromatic carbocycles. The zero-order valence-electron chi connectivity index (χ0n) is 15.2. The van der Waals surface area contributed by atoms with Crippen LogP contribution in [0.1, 0.15) is 43.0 Å². The first-order chi connectivity index (χ1) is 12.1. The quantitative estimate of drug-likeness (QED) is 0.610. The zero-order chi connectivity index (χ0) is 18.1. The lowest BCUT2D eigenvalue weighted by Gasteiger charge is -2.30. The number of likely N-dealkylation sites (tertiary alicyclic amines) is 1. The van der Waals surface area contributed by atoms with Crippen molar-refractivity contribution in [3.05, 3.63) is 35.9 Å². The highest BCUT2D eigenvalue weighted by atomic mass is 16.2. The molecule has 0 unspecified atom stereocenters. The number of carbonyl (C=O) groups is 2. The number of hydrogen-bond donors (Lipinski definition) is 0. The SMILES string of the molecule is CCCC(=O)N(CC#CCN1CCCC1)N(C)C(=O)c1ccccc1. The van der Waals surface area contributed by atoms with Crippen molar-refractivity contribution in [3.63, 3.8) is 0 Å². The Hall–Kier alpha value is -2.32. The molecule has 5 heteroatoms. The Morgan fingerprint density at radius 1 is 1.12 bits per heavy atom. The van der Waals surface area contributed by atoms with E-state index < -0.39 is 0 Å². The maximum absolute atomic E-state index is 12.6. The van der Waals surface area contributed by atoms with E-state index >= 15 is 0 Å². The van der Waals surface area contributed by atoms with Gasteiger partial charge in [-0.1, -0.05) is 37.0 Å². The minimum atomic E-state index is -0.202. The number of nitrogens with zero attached hydrogens (tertiary/aromatic N) is 3. The van der Waals surface area contributed by atoms with Gasteiger partial charge in [-0.25, -0.2) is 10.0 Å². The van der Waals surface area contributed by atoms with Gasteiger partial charge < -0.3 is 0 Å². The van der Waals surface area contributed by atoms with E-state index in [-0.39, 0.29) is 18.4 Å². The molecule has 1 aliphatic heterocycles. The van der Waals surface area contributed by atoms with E-state index in [4.69, 9.17) is 0 Å². The highest BCUT2D eigenvalue weighted by molar-refractivity contribution is 5.95. The summed E-state index contributed by atoms with van der Waals surface area (Å²) in [5.74, 6) is 5.91. The van der Waals surface area contributed by atoms with Crippen LogP contribution in [-0.2, 0) is 4.79 Å². The van der Waals surface area contributed by atoms with Gasteiger partial charge in [0.15, 0.2) is 0 Å². The van der Waals surface area contributed by atoms with Crippen molar-refractivity contribution in [2.24, 2.45) is 0 Å². The maximum Gasteiger partial charge on any atom is 0.272 e. The number of benzene rings is 1. The number of rotatable bonds is 5. The first-order valence-electron chi connectivity index (χ1n) is 8.95. The fraction of sp³-hybridized carbons (Fsp3) is 0.500. The Balaban J connectivity index is 2.02. The largest absolute Gasteiger partial charge is 0.292 e. The zero-order valence-corrected chi connectivity index (χ0v) is 15.2. The van der Waals surface area contributed by atoms with Gasteiger partial charge in [-0.05, 0) is 44.5 Å². The van der Waals surface area contributed by atoms with Crippen LogP contribution in [0.15, 0.2) is 30.3 Å². The van der Waals surface area contributed by atoms with Crippen molar-refractivity contribution in [1.82, 2.24) is 14.9 Å². The van der Waals surface area contributed by atoms with Gasteiger partial charge in [-0.15, -0.1) is 0 Å². The van der Waals surface area contributed by atoms with Gasteiger partial charge in [0.2, 0.25) is 5.91 Å². The van der Waals surface area contributed by atoms with Gasteiger partial charge >= 0.3 is 0 Å². The summed E-state index contributed by atoms with van der Waals surface area (Å²) in [4.78, 5) is 27.3. The van der Waals surface area contributed by atoms with Crippen LogP contribution in [0.5, 0.6) is 0 Å². The van der Waals surface area contributed by atoms with E-state index in [2.05, 4.69) is 16.7 Å². The second-order valence-electron chi connectivity index (χ2n) is 6.23. The van der Waals surface area contributed by atoms with Crippen LogP contribution in [0.2, 0.25) is 0 Å². The Kier molecular flexibility index (Phi) is 7.49. The maximum atomic E-state index is 12.6. The fourth-order valence-electron chi connectivity index (χ4n) is 2.82. The van der Waals surface area contributed by atoms with Crippen LogP contribution in [0, 0.1) is 11.8 Å². The molecule has 1 aromatic rings. The normalized spacial score (nSPS) is 13.8. The summed E-state index contributed by atoms with van der Waals surface area (Å²) in [6, 6.07) is 8.99. The van der Waals surface area contributed by atoms with Crippen LogP contribution in [0.25, 0.3) is 0 Å². The lowest BCUT2D eigenvalue weighted by molar-refractivity contribution is -0.141. The smallest absolute Gasteiger partial charge is 0.272 e. The Labute approximate surface area is 150 Å². The standard InChI is InChI=1S/C20H27N3O2/c1-3-11-19(24)23(17-10-9-16-22-14-7-8-15-22)21(2)20(25)18-12-5-4-6-13-18/h4-6,12-13H,3,7-8,11,14-17H2,1-2H3. The predicted octanol–water partition coefficient (Wildman–Crippen LogP) is 2.40. The summed E-state index contributed by atoms with van der Waals surface area (Å²) >= 11 is 0. The fourth-order valence-corrected chi connectivity index (χ4v) is 2.82. The second kappa shape index (κ2) is 9.85. The molecule has 134 valence electrons. The molecule has 1 saturated heterocycles. The van der Waals surface area contributed by atoms with Gasteiger partial charge in [0.05, 0.1) is 6.54 Å². The summed E-state index contributed by atoms with van der Waals surface area (Å²) in [5.41, 5.74) is 0.560. The lowest BCUT2D eigenvalue weighted by Crippen LogP contribution is -2.47. The minimum Gasteiger partial charge on any atom is -0.292 e. The number of hydrazine groups is 1. The summed E-state index contributed by atoms with van der Waals surface area (Å²) in [5, 5.41) is 2.84. The molecule has 0 atom stereocenters. The summed E-state index contributed by atoms with van der Waals surface area (Å²) in [6.45, 7) is 5.11. The highest BCUT2D eigenvalue weighted by Crippen LogP contribution is 2.08. The minimum absolute atomic E-state index is 0.0789. The molecule has 0 spiro atoms. The van der Waals surface area contributed by atoms with Crippen molar-refractivity contribution in [3.8, 4) is 11.8 Å². The summed E-state index contributed by atoms with van der Waals surface area (Å²) in [6.07, 6.45) is 3.61. The molecule has 2 amide bonds. The van der Waals surface area contributed by atoms with Crippen LogP contribution in [0.4, 0.5) is 0 Å². The van der Waals surface area contributed by atoms with Crippen molar-refractivity contribution in [1.29, 1.82) is 0 Å². The number of hydrogen-bond acceptors (Lipinski definition) is 3. The van der Waals surface area contributed by atoms with Crippen molar-refractivity contribution >= 4 is 11.8 Å². The van der Waals surface area contributed by atoms with Crippen LogP contribution in [0.3, 0.4) is 0 Å². The molecule has 5 nitrogen and oxygen atoms in total. The van der Waals surface area contributed by atoms with E-state index in [0.717, 1.165) is 26.1 Å². The molecular formula is C20H27N3O2. The molecule has 0 radical (unpaired) electrons. The molecule has 2 rings (SSSR count). The highest BCUT2D eigenvalue weighted by Gasteiger charge is 2.22. The lowest BCUT2D eigenvalue weighted by atomic mass is 10.2. The molecular weight excluding hydrogens is 314 g/mol. The first-order valence-corrected chi connectivity index (χ1v) is 8.95. The third-order valence-corrected chi connectivity index (χ3v) is 4.28. The molecule has 1 heterocycles. The third-order valence-electron chi connectivity index (χ3n) is 4.28.